The smallest absolute Gasteiger partial charge is 0.407 e. The van der Waals surface area contributed by atoms with E-state index in [0.717, 1.165) is 37.1 Å². The van der Waals surface area contributed by atoms with Gasteiger partial charge in [-0.1, -0.05) is 23.7 Å². The van der Waals surface area contributed by atoms with Gasteiger partial charge < -0.3 is 25.1 Å². The fourth-order valence-corrected chi connectivity index (χ4v) is 5.15. The number of nitrogens with zero attached hydrogens (tertiary/aromatic N) is 3. The normalized spacial score (nSPS) is 23.5. The molecule has 3 amide bonds. The standard InChI is InChI=1S/C24H35ClN4O4/c1-27(2)24(17-18-4-3-5-19(25)16-18)10-8-20(9-11-24)26-21(30)6-7-22(31)28-12-14-29(15-13-28)23(32)33/h3-5,16,20H,6-15,17H2,1-2H3,(H,26,30)(H,32,33). The van der Waals surface area contributed by atoms with Crippen LogP contribution in [0.4, 0.5) is 4.79 Å². The zero-order chi connectivity index (χ0) is 24.0. The number of carbonyl (C=O) groups is 3. The van der Waals surface area contributed by atoms with Crippen molar-refractivity contribution in [3.63, 3.8) is 0 Å². The second-order valence-corrected chi connectivity index (χ2v) is 9.85. The zero-order valence-electron chi connectivity index (χ0n) is 19.6. The number of nitrogens with one attached hydrogen (secondary N) is 1. The third kappa shape index (κ3) is 6.84. The number of amides is 3. The lowest BCUT2D eigenvalue weighted by Gasteiger charge is -2.45. The summed E-state index contributed by atoms with van der Waals surface area (Å²) in [6.07, 6.45) is 4.03. The van der Waals surface area contributed by atoms with Gasteiger partial charge in [-0.25, -0.2) is 4.79 Å². The summed E-state index contributed by atoms with van der Waals surface area (Å²) in [7, 11) is 4.23. The molecule has 0 atom stereocenters. The molecule has 9 heteroatoms. The Balaban J connectivity index is 1.43. The molecule has 0 aromatic heterocycles. The highest BCUT2D eigenvalue weighted by Gasteiger charge is 2.37. The number of benzene rings is 1. The molecule has 0 unspecified atom stereocenters. The Kier molecular flexibility index (Phi) is 8.59. The van der Waals surface area contributed by atoms with Crippen molar-refractivity contribution in [3.05, 3.63) is 34.9 Å². The summed E-state index contributed by atoms with van der Waals surface area (Å²) in [5.41, 5.74) is 1.27. The summed E-state index contributed by atoms with van der Waals surface area (Å²) in [5, 5.41) is 12.9. The first kappa shape index (κ1) is 25.3. The molecule has 2 aliphatic rings. The zero-order valence-corrected chi connectivity index (χ0v) is 20.3. The lowest BCUT2D eigenvalue weighted by Crippen LogP contribution is -2.52. The monoisotopic (exact) mass is 478 g/mol. The summed E-state index contributed by atoms with van der Waals surface area (Å²) in [4.78, 5) is 41.1. The van der Waals surface area contributed by atoms with Gasteiger partial charge in [-0.05, 0) is 63.9 Å². The van der Waals surface area contributed by atoms with Crippen molar-refractivity contribution >= 4 is 29.5 Å². The molecule has 2 fully saturated rings. The van der Waals surface area contributed by atoms with Crippen LogP contribution < -0.4 is 5.32 Å². The van der Waals surface area contributed by atoms with Crippen LogP contribution in [0.1, 0.15) is 44.1 Å². The maximum absolute atomic E-state index is 12.5. The van der Waals surface area contributed by atoms with E-state index in [-0.39, 0.29) is 36.2 Å². The molecule has 1 saturated carbocycles. The van der Waals surface area contributed by atoms with Crippen molar-refractivity contribution in [1.29, 1.82) is 0 Å². The minimum atomic E-state index is -0.959. The second kappa shape index (κ2) is 11.2. The van der Waals surface area contributed by atoms with Gasteiger partial charge in [-0.2, -0.15) is 0 Å². The number of carboxylic acid groups (broad SMARTS) is 1. The molecule has 0 spiro atoms. The van der Waals surface area contributed by atoms with Crippen molar-refractivity contribution in [3.8, 4) is 0 Å². The van der Waals surface area contributed by atoms with Gasteiger partial charge in [-0.15, -0.1) is 0 Å². The van der Waals surface area contributed by atoms with Gasteiger partial charge in [0.15, 0.2) is 0 Å². The number of piperazine rings is 1. The number of hydrogen-bond donors (Lipinski definition) is 2. The first-order valence-electron chi connectivity index (χ1n) is 11.7. The Labute approximate surface area is 200 Å². The Bertz CT molecular complexity index is 847. The summed E-state index contributed by atoms with van der Waals surface area (Å²) in [6, 6.07) is 8.14. The van der Waals surface area contributed by atoms with Crippen molar-refractivity contribution in [2.75, 3.05) is 40.3 Å². The Morgan fingerprint density at radius 2 is 1.73 bits per heavy atom. The molecule has 1 aromatic carbocycles. The molecule has 182 valence electrons. The summed E-state index contributed by atoms with van der Waals surface area (Å²) >= 11 is 6.17. The number of rotatable bonds is 7. The van der Waals surface area contributed by atoms with Crippen LogP contribution in [-0.2, 0) is 16.0 Å². The van der Waals surface area contributed by atoms with Crippen LogP contribution in [-0.4, -0.2) is 89.6 Å². The van der Waals surface area contributed by atoms with Gasteiger partial charge in [0.2, 0.25) is 11.8 Å². The molecule has 1 aromatic rings. The van der Waals surface area contributed by atoms with Gasteiger partial charge in [0.25, 0.3) is 0 Å². The first-order valence-corrected chi connectivity index (χ1v) is 12.0. The van der Waals surface area contributed by atoms with Crippen LogP contribution in [0.5, 0.6) is 0 Å². The lowest BCUT2D eigenvalue weighted by atomic mass is 9.75. The molecule has 3 rings (SSSR count). The SMILES string of the molecule is CN(C)C1(Cc2cccc(Cl)c2)CCC(NC(=O)CCC(=O)N2CCN(C(=O)O)CC2)CC1. The van der Waals surface area contributed by atoms with Crippen molar-refractivity contribution < 1.29 is 19.5 Å². The van der Waals surface area contributed by atoms with Crippen molar-refractivity contribution in [2.24, 2.45) is 0 Å². The second-order valence-electron chi connectivity index (χ2n) is 9.42. The first-order chi connectivity index (χ1) is 15.7. The molecule has 0 bridgehead atoms. The van der Waals surface area contributed by atoms with Crippen LogP contribution in [0.3, 0.4) is 0 Å². The highest BCUT2D eigenvalue weighted by Crippen LogP contribution is 2.36. The number of likely N-dealkylation sites (N-methyl/N-ethyl adjacent to an activating group) is 1. The van der Waals surface area contributed by atoms with E-state index in [1.807, 2.05) is 18.2 Å². The Hall–Kier alpha value is -2.32. The predicted molar refractivity (Wildman–Crippen MR) is 127 cm³/mol. The Morgan fingerprint density at radius 1 is 1.09 bits per heavy atom. The van der Waals surface area contributed by atoms with E-state index in [4.69, 9.17) is 16.7 Å². The summed E-state index contributed by atoms with van der Waals surface area (Å²) in [5.74, 6) is -0.184. The molecule has 1 aliphatic heterocycles. The van der Waals surface area contributed by atoms with E-state index < -0.39 is 6.09 Å². The van der Waals surface area contributed by atoms with Gasteiger partial charge in [0.1, 0.15) is 0 Å². The van der Waals surface area contributed by atoms with Crippen LogP contribution in [0.2, 0.25) is 5.02 Å². The predicted octanol–water partition coefficient (Wildman–Crippen LogP) is 2.84. The average Bonchev–Trinajstić information content (AvgIpc) is 2.79. The fraction of sp³-hybridized carbons (Fsp3) is 0.625. The number of carbonyl (C=O) groups excluding carboxylic acids is 2. The molecule has 1 saturated heterocycles. The molecule has 0 radical (unpaired) electrons. The topological polar surface area (TPSA) is 93.2 Å². The summed E-state index contributed by atoms with van der Waals surface area (Å²) < 4.78 is 0. The van der Waals surface area contributed by atoms with E-state index in [9.17, 15) is 14.4 Å². The minimum Gasteiger partial charge on any atom is -0.465 e. The average molecular weight is 479 g/mol. The molecule has 1 aliphatic carbocycles. The molecular weight excluding hydrogens is 444 g/mol. The largest absolute Gasteiger partial charge is 0.465 e. The van der Waals surface area contributed by atoms with E-state index in [1.54, 1.807) is 4.90 Å². The van der Waals surface area contributed by atoms with Crippen LogP contribution in [0.25, 0.3) is 0 Å². The van der Waals surface area contributed by atoms with E-state index in [0.29, 0.717) is 26.2 Å². The summed E-state index contributed by atoms with van der Waals surface area (Å²) in [6.45, 7) is 1.40. The highest BCUT2D eigenvalue weighted by atomic mass is 35.5. The van der Waals surface area contributed by atoms with E-state index in [2.05, 4.69) is 30.4 Å². The fourth-order valence-electron chi connectivity index (χ4n) is 4.93. The third-order valence-electron chi connectivity index (χ3n) is 7.12. The highest BCUT2D eigenvalue weighted by molar-refractivity contribution is 6.30. The van der Waals surface area contributed by atoms with Crippen molar-refractivity contribution in [2.45, 2.75) is 56.5 Å². The number of hydrogen-bond acceptors (Lipinski definition) is 4. The Morgan fingerprint density at radius 3 is 2.30 bits per heavy atom. The van der Waals surface area contributed by atoms with Gasteiger partial charge in [-0.3, -0.25) is 9.59 Å². The van der Waals surface area contributed by atoms with Crippen LogP contribution >= 0.6 is 11.6 Å². The molecule has 33 heavy (non-hydrogen) atoms. The maximum atomic E-state index is 12.5. The maximum Gasteiger partial charge on any atom is 0.407 e. The number of halogens is 1. The van der Waals surface area contributed by atoms with Crippen LogP contribution in [0.15, 0.2) is 24.3 Å². The quantitative estimate of drug-likeness (QED) is 0.628. The molecule has 1 heterocycles. The third-order valence-corrected chi connectivity index (χ3v) is 7.36. The molecule has 2 N–H and O–H groups in total. The lowest BCUT2D eigenvalue weighted by molar-refractivity contribution is -0.135. The van der Waals surface area contributed by atoms with Crippen LogP contribution in [0, 0.1) is 0 Å². The molecular formula is C24H35ClN4O4. The minimum absolute atomic E-state index is 0.0416. The van der Waals surface area contributed by atoms with E-state index in [1.165, 1.54) is 10.5 Å². The molecule has 8 nitrogen and oxygen atoms in total. The van der Waals surface area contributed by atoms with Gasteiger partial charge >= 0.3 is 6.09 Å². The van der Waals surface area contributed by atoms with Gasteiger partial charge in [0.05, 0.1) is 0 Å². The van der Waals surface area contributed by atoms with Gasteiger partial charge in [0, 0.05) is 55.6 Å². The van der Waals surface area contributed by atoms with E-state index >= 15 is 0 Å². The van der Waals surface area contributed by atoms with Crippen molar-refractivity contribution in [1.82, 2.24) is 20.0 Å².